The first kappa shape index (κ1) is 15.1. The molecule has 0 aliphatic heterocycles. The first-order valence-corrected chi connectivity index (χ1v) is 4.04. The molecule has 0 aromatic heterocycles. The number of hydrogen-bond donors (Lipinski definition) is 2. The summed E-state index contributed by atoms with van der Waals surface area (Å²) in [5.41, 5.74) is -0.323. The number of nitriles is 3. The van der Waals surface area contributed by atoms with Crippen LogP contribution in [-0.2, 0) is 0 Å². The fourth-order valence-electron chi connectivity index (χ4n) is 1.12. The summed E-state index contributed by atoms with van der Waals surface area (Å²) in [6.07, 6.45) is 0. The third kappa shape index (κ3) is 3.26. The van der Waals surface area contributed by atoms with Gasteiger partial charge in [0.25, 0.3) is 0 Å². The number of nitrogens with zero attached hydrogens (tertiary/aromatic N) is 3. The molecule has 0 fully saturated rings. The van der Waals surface area contributed by atoms with E-state index >= 15 is 0 Å². The zero-order chi connectivity index (χ0) is 12.1. The summed E-state index contributed by atoms with van der Waals surface area (Å²) in [6, 6.07) is 7.59. The number of hydrogen-bond acceptors (Lipinski definition) is 6. The van der Waals surface area contributed by atoms with Crippen LogP contribution in [0.15, 0.2) is 12.1 Å². The van der Waals surface area contributed by atoms with Crippen LogP contribution in [0.3, 0.4) is 0 Å². The zero-order valence-electron chi connectivity index (χ0n) is 9.88. The van der Waals surface area contributed by atoms with Gasteiger partial charge in [0.2, 0.25) is 0 Å². The van der Waals surface area contributed by atoms with Crippen LogP contribution < -0.4 is 23.5 Å². The van der Waals surface area contributed by atoms with Gasteiger partial charge in [-0.2, -0.15) is 15.8 Å². The van der Waals surface area contributed by atoms with Crippen LogP contribution in [0.4, 0.5) is 0 Å². The molecule has 0 spiro atoms. The van der Waals surface area contributed by atoms with Crippen LogP contribution in [0.1, 0.15) is 18.1 Å². The summed E-state index contributed by atoms with van der Waals surface area (Å²) in [5.74, 6) is -0.159. The molecular weight excluding hydrogens is 216 g/mol. The summed E-state index contributed by atoms with van der Waals surface area (Å²) >= 11 is 0. The number of benzene rings is 1. The van der Waals surface area contributed by atoms with E-state index in [2.05, 4.69) is 4.65 Å². The molecule has 0 aliphatic carbocycles. The van der Waals surface area contributed by atoms with Crippen molar-refractivity contribution in [2.45, 2.75) is 0 Å². The molecule has 0 aliphatic rings. The van der Waals surface area contributed by atoms with Gasteiger partial charge in [-0.05, 0) is 12.1 Å². The third-order valence-electron chi connectivity index (χ3n) is 1.74. The molecule has 0 atom stereocenters. The fourth-order valence-corrected chi connectivity index (χ4v) is 1.12. The molecule has 0 bridgehead atoms. The van der Waals surface area contributed by atoms with E-state index in [0.29, 0.717) is 0 Å². The molecule has 78 valence electrons. The second-order valence-electron chi connectivity index (χ2n) is 2.64. The number of rotatable bonds is 2. The monoisotopic (exact) mass is 221 g/mol. The van der Waals surface area contributed by atoms with Gasteiger partial charge < -0.3 is 16.1 Å². The largest absolute Gasteiger partial charge is 1.00 e. The summed E-state index contributed by atoms with van der Waals surface area (Å²) in [6.45, 7) is 0. The molecule has 8 heteroatoms. The van der Waals surface area contributed by atoms with Gasteiger partial charge in [0.15, 0.2) is 0 Å². The van der Waals surface area contributed by atoms with E-state index in [9.17, 15) is 0 Å². The van der Waals surface area contributed by atoms with Crippen molar-refractivity contribution in [2.24, 2.45) is 0 Å². The molecule has 2 N–H and O–H groups in total. The van der Waals surface area contributed by atoms with Crippen molar-refractivity contribution in [3.8, 4) is 24.0 Å². The van der Waals surface area contributed by atoms with Gasteiger partial charge in [-0.3, -0.25) is 0 Å². The molecule has 0 saturated carbocycles. The van der Waals surface area contributed by atoms with Gasteiger partial charge >= 0.3 is 26.2 Å². The standard InChI is InChI=1S/C9H4BN3O3.Li.H/c11-3-6-1-2-9(16-10(14)15)8(5-13)7(6)4-12;;/h1-2,14-15H;;/q;+1;-1. The minimum absolute atomic E-state index is 0. The fraction of sp³-hybridized carbons (Fsp3) is 0. The SMILES string of the molecule is N#Cc1ccc(OB(O)O)c(C#N)c1C#N.[H-].[Li+]. The molecule has 0 saturated heterocycles. The van der Waals surface area contributed by atoms with Crippen LogP contribution in [0.25, 0.3) is 0 Å². The van der Waals surface area contributed by atoms with E-state index in [1.165, 1.54) is 12.1 Å². The van der Waals surface area contributed by atoms with E-state index in [0.717, 1.165) is 0 Å². The molecule has 1 rings (SSSR count). The third-order valence-corrected chi connectivity index (χ3v) is 1.74. The molecule has 0 unspecified atom stereocenters. The zero-order valence-corrected chi connectivity index (χ0v) is 8.88. The Hall–Kier alpha value is -1.93. The van der Waals surface area contributed by atoms with Crippen LogP contribution >= 0.6 is 0 Å². The Labute approximate surface area is 111 Å². The molecule has 0 radical (unpaired) electrons. The van der Waals surface area contributed by atoms with Gasteiger partial charge in [0.1, 0.15) is 29.5 Å². The Morgan fingerprint density at radius 2 is 1.65 bits per heavy atom. The smallest absolute Gasteiger partial charge is 1.00 e. The van der Waals surface area contributed by atoms with Crippen molar-refractivity contribution in [3.63, 3.8) is 0 Å². The second-order valence-corrected chi connectivity index (χ2v) is 2.64. The molecule has 0 amide bonds. The maximum absolute atomic E-state index is 8.81. The Kier molecular flexibility index (Phi) is 5.86. The summed E-state index contributed by atoms with van der Waals surface area (Å²) in [7, 11) is -2.09. The topological polar surface area (TPSA) is 121 Å². The Balaban J connectivity index is 0. The summed E-state index contributed by atoms with van der Waals surface area (Å²) in [5, 5.41) is 43.5. The van der Waals surface area contributed by atoms with Gasteiger partial charge in [-0.1, -0.05) is 0 Å². The van der Waals surface area contributed by atoms with E-state index in [1.54, 1.807) is 18.2 Å². The quantitative estimate of drug-likeness (QED) is 0.506. The Bertz CT molecular complexity index is 548. The van der Waals surface area contributed by atoms with E-state index in [-0.39, 0.29) is 42.7 Å². The first-order valence-electron chi connectivity index (χ1n) is 4.04. The maximum Gasteiger partial charge on any atom is 1.00 e. The van der Waals surface area contributed by atoms with Gasteiger partial charge in [0.05, 0.1) is 11.1 Å². The van der Waals surface area contributed by atoms with Crippen molar-refractivity contribution in [1.29, 1.82) is 15.8 Å². The van der Waals surface area contributed by atoms with Crippen LogP contribution in [-0.4, -0.2) is 17.4 Å². The van der Waals surface area contributed by atoms with E-state index in [1.807, 2.05) is 0 Å². The first-order chi connectivity index (χ1) is 7.63. The average Bonchev–Trinajstić information content (AvgIpc) is 2.27. The molecular formula is C9H5BLiN3O3. The van der Waals surface area contributed by atoms with Crippen LogP contribution in [0.2, 0.25) is 0 Å². The minimum atomic E-state index is -2.09. The molecule has 17 heavy (non-hydrogen) atoms. The molecule has 1 aromatic rings. The van der Waals surface area contributed by atoms with Crippen molar-refractivity contribution in [2.75, 3.05) is 0 Å². The van der Waals surface area contributed by atoms with Gasteiger partial charge in [0, 0.05) is 0 Å². The predicted molar refractivity (Wildman–Crippen MR) is 52.5 cm³/mol. The summed E-state index contributed by atoms with van der Waals surface area (Å²) in [4.78, 5) is 0. The van der Waals surface area contributed by atoms with Crippen LogP contribution in [0.5, 0.6) is 5.75 Å². The maximum atomic E-state index is 8.81. The normalized spacial score (nSPS) is 7.94. The van der Waals surface area contributed by atoms with Gasteiger partial charge in [-0.15, -0.1) is 0 Å². The van der Waals surface area contributed by atoms with E-state index in [4.69, 9.17) is 25.8 Å². The molecule has 0 heterocycles. The van der Waals surface area contributed by atoms with Gasteiger partial charge in [-0.25, -0.2) is 0 Å². The van der Waals surface area contributed by atoms with Crippen LogP contribution in [0, 0.1) is 34.0 Å². The van der Waals surface area contributed by atoms with Crippen molar-refractivity contribution < 1.29 is 35.0 Å². The summed E-state index contributed by atoms with van der Waals surface area (Å²) < 4.78 is 4.51. The van der Waals surface area contributed by atoms with Crippen molar-refractivity contribution in [3.05, 3.63) is 28.8 Å². The van der Waals surface area contributed by atoms with E-state index < -0.39 is 7.32 Å². The molecule has 1 aromatic carbocycles. The predicted octanol–water partition coefficient (Wildman–Crippen LogP) is -3.23. The van der Waals surface area contributed by atoms with Crippen molar-refractivity contribution in [1.82, 2.24) is 0 Å². The Morgan fingerprint density at radius 1 is 1.06 bits per heavy atom. The minimum Gasteiger partial charge on any atom is -1.00 e. The average molecular weight is 221 g/mol. The van der Waals surface area contributed by atoms with Crippen molar-refractivity contribution >= 4 is 7.32 Å². The molecule has 6 nitrogen and oxygen atoms in total. The second kappa shape index (κ2) is 6.61. The Morgan fingerprint density at radius 3 is 2.06 bits per heavy atom.